The molecule has 0 bridgehead atoms. The number of benzene rings is 1. The summed E-state index contributed by atoms with van der Waals surface area (Å²) in [6.07, 6.45) is 0. The fraction of sp³-hybridized carbons (Fsp3) is 0.143. The molecule has 0 amide bonds. The highest BCUT2D eigenvalue weighted by Gasteiger charge is 2.29. The lowest BCUT2D eigenvalue weighted by Gasteiger charge is -2.15. The van der Waals surface area contributed by atoms with Crippen molar-refractivity contribution in [2.45, 2.75) is 9.22 Å². The number of rotatable bonds is 0. The van der Waals surface area contributed by atoms with Crippen LogP contribution in [0.2, 0.25) is 0 Å². The Bertz CT molecular complexity index is 259. The SMILES string of the molecule is NC1(S)Nc2ccccc2S1. The molecule has 0 saturated carbocycles. The Morgan fingerprint density at radius 3 is 2.91 bits per heavy atom. The van der Waals surface area contributed by atoms with E-state index in [4.69, 9.17) is 5.73 Å². The highest BCUT2D eigenvalue weighted by Crippen LogP contribution is 2.43. The van der Waals surface area contributed by atoms with Crippen molar-refractivity contribution in [3.05, 3.63) is 24.3 Å². The summed E-state index contributed by atoms with van der Waals surface area (Å²) < 4.78 is -0.635. The number of para-hydroxylation sites is 1. The molecule has 2 rings (SSSR count). The van der Waals surface area contributed by atoms with E-state index in [0.29, 0.717) is 0 Å². The predicted octanol–water partition coefficient (Wildman–Crippen LogP) is 1.70. The van der Waals surface area contributed by atoms with E-state index in [2.05, 4.69) is 17.9 Å². The molecule has 0 aromatic heterocycles. The molecule has 4 heteroatoms. The van der Waals surface area contributed by atoms with Gasteiger partial charge in [0.1, 0.15) is 0 Å². The first kappa shape index (κ1) is 7.34. The predicted molar refractivity (Wildman–Crippen MR) is 51.8 cm³/mol. The van der Waals surface area contributed by atoms with Crippen LogP contribution in [0.25, 0.3) is 0 Å². The number of nitrogens with two attached hydrogens (primary N) is 1. The van der Waals surface area contributed by atoms with Crippen molar-refractivity contribution in [2.75, 3.05) is 5.32 Å². The first-order valence-electron chi connectivity index (χ1n) is 3.25. The average Bonchev–Trinajstić information content (AvgIpc) is 2.21. The van der Waals surface area contributed by atoms with E-state index >= 15 is 0 Å². The monoisotopic (exact) mass is 184 g/mol. The molecule has 1 unspecified atom stereocenters. The zero-order chi connectivity index (χ0) is 7.90. The molecule has 1 aromatic carbocycles. The van der Waals surface area contributed by atoms with Gasteiger partial charge in [-0.2, -0.15) is 0 Å². The lowest BCUT2D eigenvalue weighted by Crippen LogP contribution is -2.34. The second kappa shape index (κ2) is 2.33. The van der Waals surface area contributed by atoms with E-state index in [1.807, 2.05) is 24.3 Å². The maximum Gasteiger partial charge on any atom is 0.185 e. The molecule has 58 valence electrons. The summed E-state index contributed by atoms with van der Waals surface area (Å²) in [4.78, 5) is 1.16. The maximum atomic E-state index is 5.74. The summed E-state index contributed by atoms with van der Waals surface area (Å²) in [6.45, 7) is 0. The first-order chi connectivity index (χ1) is 5.17. The van der Waals surface area contributed by atoms with Crippen LogP contribution in [0.3, 0.4) is 0 Å². The van der Waals surface area contributed by atoms with Crippen molar-refractivity contribution in [3.8, 4) is 0 Å². The van der Waals surface area contributed by atoms with Gasteiger partial charge in [0.15, 0.2) is 4.33 Å². The minimum absolute atomic E-state index is 0.635. The van der Waals surface area contributed by atoms with Crippen molar-refractivity contribution in [1.82, 2.24) is 0 Å². The number of thioether (sulfide) groups is 1. The van der Waals surface area contributed by atoms with E-state index in [1.54, 1.807) is 0 Å². The highest BCUT2D eigenvalue weighted by atomic mass is 32.2. The zero-order valence-corrected chi connectivity index (χ0v) is 7.45. The van der Waals surface area contributed by atoms with Crippen molar-refractivity contribution >= 4 is 30.1 Å². The van der Waals surface area contributed by atoms with Crippen LogP contribution in [-0.4, -0.2) is 4.33 Å². The molecule has 0 radical (unpaired) electrons. The third-order valence-corrected chi connectivity index (χ3v) is 2.84. The third-order valence-electron chi connectivity index (χ3n) is 1.47. The fourth-order valence-corrected chi connectivity index (χ4v) is 2.33. The van der Waals surface area contributed by atoms with Crippen LogP contribution in [0.1, 0.15) is 0 Å². The summed E-state index contributed by atoms with van der Waals surface area (Å²) in [5, 5.41) is 3.08. The second-order valence-electron chi connectivity index (χ2n) is 2.42. The summed E-state index contributed by atoms with van der Waals surface area (Å²) in [6, 6.07) is 7.98. The molecule has 11 heavy (non-hydrogen) atoms. The normalized spacial score (nSPS) is 27.8. The molecule has 1 aromatic rings. The molecular weight excluding hydrogens is 176 g/mol. The van der Waals surface area contributed by atoms with Gasteiger partial charge in [-0.25, -0.2) is 0 Å². The van der Waals surface area contributed by atoms with E-state index in [-0.39, 0.29) is 0 Å². The smallest absolute Gasteiger partial charge is 0.185 e. The van der Waals surface area contributed by atoms with Gasteiger partial charge in [-0.05, 0) is 12.1 Å². The Kier molecular flexibility index (Phi) is 1.56. The number of hydrogen-bond acceptors (Lipinski definition) is 4. The lowest BCUT2D eigenvalue weighted by molar-refractivity contribution is 1.01. The Balaban J connectivity index is 2.41. The largest absolute Gasteiger partial charge is 0.349 e. The summed E-state index contributed by atoms with van der Waals surface area (Å²) in [5.74, 6) is 0. The minimum Gasteiger partial charge on any atom is -0.349 e. The zero-order valence-electron chi connectivity index (χ0n) is 5.74. The number of fused-ring (bicyclic) bond motifs is 1. The quantitative estimate of drug-likeness (QED) is 0.424. The van der Waals surface area contributed by atoms with Crippen LogP contribution in [0.5, 0.6) is 0 Å². The lowest BCUT2D eigenvalue weighted by atomic mass is 10.3. The van der Waals surface area contributed by atoms with Crippen molar-refractivity contribution in [1.29, 1.82) is 0 Å². The van der Waals surface area contributed by atoms with Gasteiger partial charge >= 0.3 is 0 Å². The third kappa shape index (κ3) is 1.34. The minimum atomic E-state index is -0.635. The van der Waals surface area contributed by atoms with E-state index < -0.39 is 4.33 Å². The number of hydrogen-bond donors (Lipinski definition) is 3. The van der Waals surface area contributed by atoms with Gasteiger partial charge in [0, 0.05) is 4.90 Å². The van der Waals surface area contributed by atoms with E-state index in [1.165, 1.54) is 11.8 Å². The van der Waals surface area contributed by atoms with E-state index in [0.717, 1.165) is 10.6 Å². The summed E-state index contributed by atoms with van der Waals surface area (Å²) in [5.41, 5.74) is 6.81. The Labute approximate surface area is 75.0 Å². The topological polar surface area (TPSA) is 38.0 Å². The Hall–Kier alpha value is -0.320. The summed E-state index contributed by atoms with van der Waals surface area (Å²) in [7, 11) is 0. The molecule has 0 spiro atoms. The standard InChI is InChI=1S/C7H8N2S2/c8-7(10)9-5-3-1-2-4-6(5)11-7/h1-4,9-10H,8H2. The van der Waals surface area contributed by atoms with E-state index in [9.17, 15) is 0 Å². The van der Waals surface area contributed by atoms with Gasteiger partial charge in [0.2, 0.25) is 0 Å². The molecular formula is C7H8N2S2. The highest BCUT2D eigenvalue weighted by molar-refractivity contribution is 8.12. The van der Waals surface area contributed by atoms with Crippen molar-refractivity contribution in [3.63, 3.8) is 0 Å². The van der Waals surface area contributed by atoms with Crippen LogP contribution in [0, 0.1) is 0 Å². The molecule has 0 saturated heterocycles. The number of thiol groups is 1. The van der Waals surface area contributed by atoms with Gasteiger partial charge in [-0.1, -0.05) is 23.9 Å². The number of anilines is 1. The summed E-state index contributed by atoms with van der Waals surface area (Å²) >= 11 is 5.75. The second-order valence-corrected chi connectivity index (χ2v) is 4.72. The molecule has 1 aliphatic heterocycles. The van der Waals surface area contributed by atoms with Gasteiger partial charge in [0.05, 0.1) is 5.69 Å². The molecule has 1 aliphatic rings. The van der Waals surface area contributed by atoms with Crippen LogP contribution >= 0.6 is 24.4 Å². The Morgan fingerprint density at radius 1 is 1.45 bits per heavy atom. The van der Waals surface area contributed by atoms with Crippen molar-refractivity contribution in [2.24, 2.45) is 5.73 Å². The average molecular weight is 184 g/mol. The van der Waals surface area contributed by atoms with Gasteiger partial charge < -0.3 is 5.32 Å². The molecule has 0 aliphatic carbocycles. The number of nitrogens with one attached hydrogen (secondary N) is 1. The van der Waals surface area contributed by atoms with Gasteiger partial charge in [-0.15, -0.1) is 12.6 Å². The molecule has 3 N–H and O–H groups in total. The van der Waals surface area contributed by atoms with Crippen molar-refractivity contribution < 1.29 is 0 Å². The van der Waals surface area contributed by atoms with Crippen LogP contribution in [-0.2, 0) is 0 Å². The maximum absolute atomic E-state index is 5.74. The fourth-order valence-electron chi connectivity index (χ4n) is 1.05. The Morgan fingerprint density at radius 2 is 2.18 bits per heavy atom. The molecule has 0 fully saturated rings. The van der Waals surface area contributed by atoms with Crippen LogP contribution in [0.4, 0.5) is 5.69 Å². The first-order valence-corrected chi connectivity index (χ1v) is 4.51. The molecule has 1 atom stereocenters. The molecule has 2 nitrogen and oxygen atoms in total. The van der Waals surface area contributed by atoms with Gasteiger partial charge in [-0.3, -0.25) is 5.73 Å². The van der Waals surface area contributed by atoms with Crippen LogP contribution < -0.4 is 11.1 Å². The molecule has 1 heterocycles. The van der Waals surface area contributed by atoms with Crippen LogP contribution in [0.15, 0.2) is 29.2 Å². The van der Waals surface area contributed by atoms with Gasteiger partial charge in [0.25, 0.3) is 0 Å².